The second kappa shape index (κ2) is 6.12. The van der Waals surface area contributed by atoms with Crippen LogP contribution < -0.4 is 10.2 Å². The van der Waals surface area contributed by atoms with Crippen LogP contribution in [0.1, 0.15) is 24.2 Å². The normalized spacial score (nSPS) is 10.2. The summed E-state index contributed by atoms with van der Waals surface area (Å²) >= 11 is 0. The number of amides is 1. The number of nitrogens with one attached hydrogen (secondary N) is 1. The molecule has 1 amide bonds. The summed E-state index contributed by atoms with van der Waals surface area (Å²) in [5.74, 6) is 0.867. The predicted octanol–water partition coefficient (Wildman–Crippen LogP) is 2.01. The maximum absolute atomic E-state index is 11.4. The van der Waals surface area contributed by atoms with Gasteiger partial charge in [-0.05, 0) is 24.1 Å². The zero-order valence-electron chi connectivity index (χ0n) is 9.82. The average Bonchev–Trinajstić information content (AvgIpc) is 2.27. The predicted molar refractivity (Wildman–Crippen MR) is 61.3 cm³/mol. The molecule has 0 unspecified atom stereocenters. The number of hydroxylamine groups is 1. The van der Waals surface area contributed by atoms with Crippen LogP contribution in [0.3, 0.4) is 0 Å². The molecule has 0 aliphatic carbocycles. The fourth-order valence-electron chi connectivity index (χ4n) is 1.14. The van der Waals surface area contributed by atoms with E-state index in [0.29, 0.717) is 23.8 Å². The lowest BCUT2D eigenvalue weighted by Gasteiger charge is -2.09. The maximum Gasteiger partial charge on any atom is 0.274 e. The summed E-state index contributed by atoms with van der Waals surface area (Å²) < 4.78 is 5.52. The Balaban J connectivity index is 2.67. The van der Waals surface area contributed by atoms with Crippen LogP contribution >= 0.6 is 0 Å². The largest absolute Gasteiger partial charge is 0.493 e. The molecule has 0 spiro atoms. The minimum Gasteiger partial charge on any atom is -0.493 e. The molecule has 0 saturated carbocycles. The Morgan fingerprint density at radius 3 is 2.81 bits per heavy atom. The molecule has 0 aromatic heterocycles. The third-order valence-corrected chi connectivity index (χ3v) is 1.87. The van der Waals surface area contributed by atoms with E-state index in [0.717, 1.165) is 0 Å². The monoisotopic (exact) mass is 223 g/mol. The highest BCUT2D eigenvalue weighted by Crippen LogP contribution is 2.14. The molecule has 0 aliphatic heterocycles. The van der Waals surface area contributed by atoms with Gasteiger partial charge in [0, 0.05) is 5.56 Å². The average molecular weight is 223 g/mol. The van der Waals surface area contributed by atoms with E-state index < -0.39 is 0 Å². The van der Waals surface area contributed by atoms with Gasteiger partial charge in [-0.2, -0.15) is 0 Å². The van der Waals surface area contributed by atoms with Crippen LogP contribution in [-0.4, -0.2) is 19.6 Å². The molecular formula is C12H17NO3. The fourth-order valence-corrected chi connectivity index (χ4v) is 1.14. The van der Waals surface area contributed by atoms with Crippen LogP contribution in [0.5, 0.6) is 5.75 Å². The van der Waals surface area contributed by atoms with Gasteiger partial charge in [-0.25, -0.2) is 5.48 Å². The molecule has 4 nitrogen and oxygen atoms in total. The Morgan fingerprint density at radius 1 is 1.44 bits per heavy atom. The molecule has 0 radical (unpaired) electrons. The molecule has 1 rings (SSSR count). The molecule has 1 N–H and O–H groups in total. The van der Waals surface area contributed by atoms with Crippen LogP contribution in [0, 0.1) is 5.92 Å². The van der Waals surface area contributed by atoms with Crippen molar-refractivity contribution < 1.29 is 14.4 Å². The van der Waals surface area contributed by atoms with E-state index in [9.17, 15) is 4.79 Å². The van der Waals surface area contributed by atoms with Crippen molar-refractivity contribution in [1.82, 2.24) is 5.48 Å². The van der Waals surface area contributed by atoms with E-state index in [4.69, 9.17) is 4.74 Å². The van der Waals surface area contributed by atoms with E-state index in [-0.39, 0.29) is 5.91 Å². The topological polar surface area (TPSA) is 47.6 Å². The molecule has 0 bridgehead atoms. The van der Waals surface area contributed by atoms with Gasteiger partial charge in [0.15, 0.2) is 0 Å². The van der Waals surface area contributed by atoms with Crippen molar-refractivity contribution in [1.29, 1.82) is 0 Å². The Hall–Kier alpha value is -1.55. The van der Waals surface area contributed by atoms with Crippen molar-refractivity contribution in [2.45, 2.75) is 13.8 Å². The van der Waals surface area contributed by atoms with Crippen molar-refractivity contribution in [3.8, 4) is 5.75 Å². The lowest BCUT2D eigenvalue weighted by molar-refractivity contribution is 0.0537. The highest BCUT2D eigenvalue weighted by atomic mass is 16.6. The Bertz CT molecular complexity index is 350. The second-order valence-corrected chi connectivity index (χ2v) is 3.87. The summed E-state index contributed by atoms with van der Waals surface area (Å²) in [5.41, 5.74) is 2.78. The molecule has 0 fully saturated rings. The van der Waals surface area contributed by atoms with Gasteiger partial charge in [-0.3, -0.25) is 9.63 Å². The molecule has 1 aromatic rings. The van der Waals surface area contributed by atoms with Crippen molar-refractivity contribution in [3.05, 3.63) is 29.8 Å². The first-order valence-electron chi connectivity index (χ1n) is 5.19. The van der Waals surface area contributed by atoms with Gasteiger partial charge < -0.3 is 4.74 Å². The summed E-state index contributed by atoms with van der Waals surface area (Å²) in [7, 11) is 1.40. The lowest BCUT2D eigenvalue weighted by Crippen LogP contribution is -2.21. The lowest BCUT2D eigenvalue weighted by atomic mass is 10.2. The van der Waals surface area contributed by atoms with Gasteiger partial charge in [-0.1, -0.05) is 19.9 Å². The van der Waals surface area contributed by atoms with Crippen molar-refractivity contribution >= 4 is 5.91 Å². The van der Waals surface area contributed by atoms with Crippen molar-refractivity contribution in [3.63, 3.8) is 0 Å². The number of rotatable bonds is 5. The summed E-state index contributed by atoms with van der Waals surface area (Å²) in [5, 5.41) is 0. The SMILES string of the molecule is CONC(=O)c1cccc(OCC(C)C)c1. The number of benzene rings is 1. The van der Waals surface area contributed by atoms with Gasteiger partial charge in [0.25, 0.3) is 5.91 Å². The van der Waals surface area contributed by atoms with Gasteiger partial charge in [0.1, 0.15) is 5.75 Å². The highest BCUT2D eigenvalue weighted by molar-refractivity contribution is 5.93. The zero-order valence-corrected chi connectivity index (χ0v) is 9.82. The fraction of sp³-hybridized carbons (Fsp3) is 0.417. The van der Waals surface area contributed by atoms with Crippen molar-refractivity contribution in [2.75, 3.05) is 13.7 Å². The number of carbonyl (C=O) groups is 1. The molecule has 0 atom stereocenters. The molecule has 0 aliphatic rings. The molecule has 0 heterocycles. The van der Waals surface area contributed by atoms with Crippen LogP contribution in [-0.2, 0) is 4.84 Å². The van der Waals surface area contributed by atoms with E-state index in [2.05, 4.69) is 24.2 Å². The first-order chi connectivity index (χ1) is 7.63. The van der Waals surface area contributed by atoms with Gasteiger partial charge in [0.2, 0.25) is 0 Å². The number of hydrogen-bond acceptors (Lipinski definition) is 3. The Morgan fingerprint density at radius 2 is 2.19 bits per heavy atom. The summed E-state index contributed by atoms with van der Waals surface area (Å²) in [6.45, 7) is 4.78. The minimum atomic E-state index is -0.280. The first kappa shape index (κ1) is 12.5. The number of hydrogen-bond donors (Lipinski definition) is 1. The highest BCUT2D eigenvalue weighted by Gasteiger charge is 2.06. The molecular weight excluding hydrogens is 206 g/mol. The van der Waals surface area contributed by atoms with Gasteiger partial charge in [-0.15, -0.1) is 0 Å². The van der Waals surface area contributed by atoms with E-state index in [1.807, 2.05) is 6.07 Å². The standard InChI is InChI=1S/C12H17NO3/c1-9(2)8-16-11-6-4-5-10(7-11)12(14)13-15-3/h4-7,9H,8H2,1-3H3,(H,13,14). The van der Waals surface area contributed by atoms with E-state index in [1.165, 1.54) is 7.11 Å². The minimum absolute atomic E-state index is 0.280. The van der Waals surface area contributed by atoms with Gasteiger partial charge >= 0.3 is 0 Å². The third-order valence-electron chi connectivity index (χ3n) is 1.87. The van der Waals surface area contributed by atoms with Crippen LogP contribution in [0.2, 0.25) is 0 Å². The van der Waals surface area contributed by atoms with E-state index in [1.54, 1.807) is 18.2 Å². The summed E-state index contributed by atoms with van der Waals surface area (Å²) in [4.78, 5) is 16.0. The molecule has 1 aromatic carbocycles. The molecule has 16 heavy (non-hydrogen) atoms. The Kier molecular flexibility index (Phi) is 4.79. The number of ether oxygens (including phenoxy) is 1. The summed E-state index contributed by atoms with van der Waals surface area (Å²) in [6, 6.07) is 7.00. The summed E-state index contributed by atoms with van der Waals surface area (Å²) in [6.07, 6.45) is 0. The number of carbonyl (C=O) groups excluding carboxylic acids is 1. The van der Waals surface area contributed by atoms with Crippen molar-refractivity contribution in [2.24, 2.45) is 5.92 Å². The molecule has 88 valence electrons. The van der Waals surface area contributed by atoms with Crippen LogP contribution in [0.25, 0.3) is 0 Å². The zero-order chi connectivity index (χ0) is 12.0. The second-order valence-electron chi connectivity index (χ2n) is 3.87. The van der Waals surface area contributed by atoms with Crippen LogP contribution in [0.15, 0.2) is 24.3 Å². The van der Waals surface area contributed by atoms with Gasteiger partial charge in [0.05, 0.1) is 13.7 Å². The maximum atomic E-state index is 11.4. The molecule has 0 saturated heterocycles. The smallest absolute Gasteiger partial charge is 0.274 e. The third kappa shape index (κ3) is 3.90. The van der Waals surface area contributed by atoms with Crippen LogP contribution in [0.4, 0.5) is 0 Å². The Labute approximate surface area is 95.5 Å². The molecule has 4 heteroatoms. The first-order valence-corrected chi connectivity index (χ1v) is 5.19. The quantitative estimate of drug-likeness (QED) is 0.777. The van der Waals surface area contributed by atoms with E-state index >= 15 is 0 Å².